The van der Waals surface area contributed by atoms with Gasteiger partial charge in [0.25, 0.3) is 0 Å². The highest BCUT2D eigenvalue weighted by molar-refractivity contribution is 7.99. The largest absolute Gasteiger partial charge is 0.357 e. The Morgan fingerprint density at radius 3 is 2.21 bits per heavy atom. The number of hydrogen-bond donors (Lipinski definition) is 1. The van der Waals surface area contributed by atoms with E-state index in [0.717, 1.165) is 16.7 Å². The Labute approximate surface area is 203 Å². The summed E-state index contributed by atoms with van der Waals surface area (Å²) < 4.78 is 13.1. The molecule has 33 heavy (non-hydrogen) atoms. The Balaban J connectivity index is 1.79. The number of halogens is 2. The second kappa shape index (κ2) is 12.4. The van der Waals surface area contributed by atoms with Crippen molar-refractivity contribution in [3.8, 4) is 0 Å². The van der Waals surface area contributed by atoms with Crippen molar-refractivity contribution in [2.45, 2.75) is 24.8 Å². The van der Waals surface area contributed by atoms with E-state index in [4.69, 9.17) is 11.6 Å². The van der Waals surface area contributed by atoms with Gasteiger partial charge in [-0.05, 0) is 41.0 Å². The van der Waals surface area contributed by atoms with E-state index in [2.05, 4.69) is 5.32 Å². The molecule has 0 unspecified atom stereocenters. The molecule has 0 fully saturated rings. The first-order valence-electron chi connectivity index (χ1n) is 10.6. The van der Waals surface area contributed by atoms with Gasteiger partial charge in [0.15, 0.2) is 0 Å². The minimum absolute atomic E-state index is 0.137. The SMILES string of the molecule is CNC(=O)[C@H](Cc1ccccc1)N(Cc1ccc(Cl)cc1)C(=O)CSCc1ccc(F)cc1. The zero-order valence-corrected chi connectivity index (χ0v) is 19.9. The van der Waals surface area contributed by atoms with Crippen molar-refractivity contribution in [1.82, 2.24) is 10.2 Å². The molecule has 0 spiro atoms. The summed E-state index contributed by atoms with van der Waals surface area (Å²) in [6.45, 7) is 0.290. The average molecular weight is 485 g/mol. The third-order valence-corrected chi connectivity index (χ3v) is 6.43. The third-order valence-electron chi connectivity index (χ3n) is 5.19. The van der Waals surface area contributed by atoms with E-state index in [0.29, 0.717) is 17.2 Å². The lowest BCUT2D eigenvalue weighted by Gasteiger charge is -2.31. The second-order valence-electron chi connectivity index (χ2n) is 7.59. The van der Waals surface area contributed by atoms with Crippen molar-refractivity contribution in [2.75, 3.05) is 12.8 Å². The molecule has 3 aromatic carbocycles. The normalized spacial score (nSPS) is 11.6. The van der Waals surface area contributed by atoms with E-state index in [1.165, 1.54) is 23.9 Å². The number of likely N-dealkylation sites (N-methyl/N-ethyl adjacent to an activating group) is 1. The van der Waals surface area contributed by atoms with Crippen molar-refractivity contribution in [1.29, 1.82) is 0 Å². The zero-order chi connectivity index (χ0) is 23.6. The molecule has 0 aliphatic heterocycles. The first-order chi connectivity index (χ1) is 16.0. The van der Waals surface area contributed by atoms with Gasteiger partial charge in [-0.2, -0.15) is 0 Å². The molecule has 0 saturated heterocycles. The quantitative estimate of drug-likeness (QED) is 0.435. The van der Waals surface area contributed by atoms with E-state index in [-0.39, 0.29) is 29.9 Å². The van der Waals surface area contributed by atoms with Gasteiger partial charge < -0.3 is 10.2 Å². The fraction of sp³-hybridized carbons (Fsp3) is 0.231. The lowest BCUT2D eigenvalue weighted by atomic mass is 10.0. The third kappa shape index (κ3) is 7.62. The molecule has 1 N–H and O–H groups in total. The van der Waals surface area contributed by atoms with Gasteiger partial charge in [-0.1, -0.05) is 66.2 Å². The van der Waals surface area contributed by atoms with Gasteiger partial charge in [0.1, 0.15) is 11.9 Å². The molecule has 172 valence electrons. The van der Waals surface area contributed by atoms with Crippen molar-refractivity contribution < 1.29 is 14.0 Å². The van der Waals surface area contributed by atoms with Crippen LogP contribution in [-0.2, 0) is 28.3 Å². The van der Waals surface area contributed by atoms with Gasteiger partial charge in [-0.25, -0.2) is 4.39 Å². The van der Waals surface area contributed by atoms with Crippen LogP contribution in [0, 0.1) is 5.82 Å². The topological polar surface area (TPSA) is 49.4 Å². The predicted molar refractivity (Wildman–Crippen MR) is 133 cm³/mol. The van der Waals surface area contributed by atoms with Gasteiger partial charge in [0, 0.05) is 30.8 Å². The number of rotatable bonds is 10. The van der Waals surface area contributed by atoms with E-state index < -0.39 is 6.04 Å². The molecule has 7 heteroatoms. The molecule has 0 radical (unpaired) electrons. The van der Waals surface area contributed by atoms with E-state index in [9.17, 15) is 14.0 Å². The van der Waals surface area contributed by atoms with Gasteiger partial charge in [0.05, 0.1) is 5.75 Å². The van der Waals surface area contributed by atoms with Gasteiger partial charge in [-0.15, -0.1) is 11.8 Å². The molecule has 2 amide bonds. The van der Waals surface area contributed by atoms with Crippen molar-refractivity contribution in [3.63, 3.8) is 0 Å². The van der Waals surface area contributed by atoms with Crippen molar-refractivity contribution >= 4 is 35.2 Å². The minimum Gasteiger partial charge on any atom is -0.357 e. The molecule has 0 aliphatic rings. The van der Waals surface area contributed by atoms with Gasteiger partial charge in [0.2, 0.25) is 11.8 Å². The Kier molecular flexibility index (Phi) is 9.34. The Hall–Kier alpha value is -2.83. The maximum Gasteiger partial charge on any atom is 0.242 e. The molecule has 0 bridgehead atoms. The van der Waals surface area contributed by atoms with Crippen LogP contribution in [0.15, 0.2) is 78.9 Å². The number of nitrogens with one attached hydrogen (secondary N) is 1. The molecular formula is C26H26ClFN2O2S. The van der Waals surface area contributed by atoms with E-state index in [1.807, 2.05) is 42.5 Å². The molecule has 3 aromatic rings. The highest BCUT2D eigenvalue weighted by atomic mass is 35.5. The van der Waals surface area contributed by atoms with Crippen LogP contribution < -0.4 is 5.32 Å². The lowest BCUT2D eigenvalue weighted by molar-refractivity contribution is -0.139. The minimum atomic E-state index is -0.660. The van der Waals surface area contributed by atoms with Gasteiger partial charge in [-0.3, -0.25) is 9.59 Å². The monoisotopic (exact) mass is 484 g/mol. The number of amides is 2. The maximum atomic E-state index is 13.3. The number of thioether (sulfide) groups is 1. The first-order valence-corrected chi connectivity index (χ1v) is 12.1. The number of carbonyl (C=O) groups excluding carboxylic acids is 2. The summed E-state index contributed by atoms with van der Waals surface area (Å²) in [5.41, 5.74) is 2.79. The van der Waals surface area contributed by atoms with Crippen molar-refractivity contribution in [2.24, 2.45) is 0 Å². The summed E-state index contributed by atoms with van der Waals surface area (Å²) in [5.74, 6) is 0.131. The van der Waals surface area contributed by atoms with Gasteiger partial charge >= 0.3 is 0 Å². The average Bonchev–Trinajstić information content (AvgIpc) is 2.83. The standard InChI is InChI=1S/C26H26ClFN2O2S/c1-29-26(32)24(15-19-5-3-2-4-6-19)30(16-20-7-11-22(27)12-8-20)25(31)18-33-17-21-9-13-23(28)14-10-21/h2-14,24H,15-18H2,1H3,(H,29,32)/t24-/m0/s1. The van der Waals surface area contributed by atoms with Crippen LogP contribution in [0.1, 0.15) is 16.7 Å². The molecular weight excluding hydrogens is 459 g/mol. The zero-order valence-electron chi connectivity index (χ0n) is 18.3. The smallest absolute Gasteiger partial charge is 0.242 e. The van der Waals surface area contributed by atoms with Crippen molar-refractivity contribution in [3.05, 3.63) is 106 Å². The van der Waals surface area contributed by atoms with Crippen LogP contribution in [0.4, 0.5) is 4.39 Å². The van der Waals surface area contributed by atoms with Crippen LogP contribution in [0.2, 0.25) is 5.02 Å². The predicted octanol–water partition coefficient (Wildman–Crippen LogP) is 5.10. The molecule has 1 atom stereocenters. The van der Waals surface area contributed by atoms with E-state index >= 15 is 0 Å². The molecule has 3 rings (SSSR count). The fourth-order valence-corrected chi connectivity index (χ4v) is 4.42. The highest BCUT2D eigenvalue weighted by Crippen LogP contribution is 2.19. The number of hydrogen-bond acceptors (Lipinski definition) is 3. The summed E-state index contributed by atoms with van der Waals surface area (Å²) >= 11 is 7.46. The Bertz CT molecular complexity index is 1050. The highest BCUT2D eigenvalue weighted by Gasteiger charge is 2.29. The van der Waals surface area contributed by atoms with Crippen LogP contribution in [0.25, 0.3) is 0 Å². The number of benzene rings is 3. The summed E-state index contributed by atoms with van der Waals surface area (Å²) in [4.78, 5) is 27.8. The summed E-state index contributed by atoms with van der Waals surface area (Å²) in [6.07, 6.45) is 0.405. The number of nitrogens with zero attached hydrogens (tertiary/aromatic N) is 1. The van der Waals surface area contributed by atoms with Crippen LogP contribution in [0.3, 0.4) is 0 Å². The van der Waals surface area contributed by atoms with Crippen LogP contribution in [0.5, 0.6) is 0 Å². The van der Waals surface area contributed by atoms with Crippen LogP contribution in [-0.4, -0.2) is 35.6 Å². The summed E-state index contributed by atoms with van der Waals surface area (Å²) in [5, 5.41) is 3.32. The maximum absolute atomic E-state index is 13.3. The fourth-order valence-electron chi connectivity index (χ4n) is 3.43. The second-order valence-corrected chi connectivity index (χ2v) is 9.01. The Morgan fingerprint density at radius 1 is 0.939 bits per heavy atom. The summed E-state index contributed by atoms with van der Waals surface area (Å²) in [7, 11) is 1.58. The number of carbonyl (C=O) groups is 2. The molecule has 4 nitrogen and oxygen atoms in total. The molecule has 0 saturated carbocycles. The molecule has 0 aliphatic carbocycles. The molecule has 0 heterocycles. The Morgan fingerprint density at radius 2 is 1.58 bits per heavy atom. The van der Waals surface area contributed by atoms with E-state index in [1.54, 1.807) is 36.2 Å². The first kappa shape index (κ1) is 24.8. The summed E-state index contributed by atoms with van der Waals surface area (Å²) in [6, 6.07) is 22.5. The lowest BCUT2D eigenvalue weighted by Crippen LogP contribution is -2.50. The van der Waals surface area contributed by atoms with Crippen LogP contribution >= 0.6 is 23.4 Å². The molecule has 0 aromatic heterocycles.